The Labute approximate surface area is 182 Å². The van der Waals surface area contributed by atoms with Gasteiger partial charge in [0.05, 0.1) is 17.6 Å². The zero-order chi connectivity index (χ0) is 20.9. The number of hydrogen-bond donors (Lipinski definition) is 0. The van der Waals surface area contributed by atoms with Gasteiger partial charge in [-0.25, -0.2) is 4.98 Å². The molecule has 0 aliphatic carbocycles. The van der Waals surface area contributed by atoms with Crippen molar-refractivity contribution < 1.29 is 4.74 Å². The van der Waals surface area contributed by atoms with Crippen LogP contribution in [0, 0.1) is 0 Å². The molecular formula is C28H24N2O. The van der Waals surface area contributed by atoms with Crippen LogP contribution in [0.15, 0.2) is 97.1 Å². The minimum atomic E-state index is 0.655. The Morgan fingerprint density at radius 2 is 1.52 bits per heavy atom. The molecule has 0 fully saturated rings. The van der Waals surface area contributed by atoms with E-state index in [9.17, 15) is 0 Å². The number of rotatable bonds is 7. The van der Waals surface area contributed by atoms with Gasteiger partial charge in [-0.15, -0.1) is 0 Å². The van der Waals surface area contributed by atoms with E-state index in [1.807, 2.05) is 36.4 Å². The van der Waals surface area contributed by atoms with Crippen LogP contribution < -0.4 is 4.74 Å². The Kier molecular flexibility index (Phi) is 5.48. The van der Waals surface area contributed by atoms with Crippen LogP contribution >= 0.6 is 0 Å². The summed E-state index contributed by atoms with van der Waals surface area (Å²) in [6.45, 7) is 1.50. The molecule has 0 bridgehead atoms. The Morgan fingerprint density at radius 1 is 0.742 bits per heavy atom. The van der Waals surface area contributed by atoms with Gasteiger partial charge in [-0.1, -0.05) is 84.9 Å². The van der Waals surface area contributed by atoms with Gasteiger partial charge in [0.1, 0.15) is 11.6 Å². The van der Waals surface area contributed by atoms with Crippen LogP contribution in [0.3, 0.4) is 0 Å². The average Bonchev–Trinajstić information content (AvgIpc) is 3.18. The van der Waals surface area contributed by atoms with E-state index in [0.717, 1.165) is 41.0 Å². The summed E-state index contributed by atoms with van der Waals surface area (Å²) in [7, 11) is 0. The molecule has 0 spiro atoms. The van der Waals surface area contributed by atoms with E-state index in [4.69, 9.17) is 9.72 Å². The zero-order valence-corrected chi connectivity index (χ0v) is 17.3. The van der Waals surface area contributed by atoms with Crippen molar-refractivity contribution in [2.45, 2.75) is 13.0 Å². The maximum absolute atomic E-state index is 6.15. The number of fused-ring (bicyclic) bond motifs is 2. The number of benzene rings is 4. The summed E-state index contributed by atoms with van der Waals surface area (Å²) in [6, 6.07) is 33.2. The average molecular weight is 405 g/mol. The molecule has 3 heteroatoms. The summed E-state index contributed by atoms with van der Waals surface area (Å²) >= 11 is 0. The van der Waals surface area contributed by atoms with Crippen molar-refractivity contribution in [2.24, 2.45) is 0 Å². The first kappa shape index (κ1) is 19.1. The van der Waals surface area contributed by atoms with Gasteiger partial charge in [0.15, 0.2) is 0 Å². The number of ether oxygens (including phenoxy) is 1. The van der Waals surface area contributed by atoms with Crippen LogP contribution in [0.25, 0.3) is 34.0 Å². The van der Waals surface area contributed by atoms with Gasteiger partial charge in [0.2, 0.25) is 0 Å². The molecular weight excluding hydrogens is 380 g/mol. The summed E-state index contributed by atoms with van der Waals surface area (Å²) in [5.74, 6) is 1.91. The molecule has 4 aromatic carbocycles. The molecule has 1 aromatic heterocycles. The molecule has 31 heavy (non-hydrogen) atoms. The van der Waals surface area contributed by atoms with E-state index >= 15 is 0 Å². The number of aryl methyl sites for hydroxylation is 1. The van der Waals surface area contributed by atoms with Gasteiger partial charge in [-0.05, 0) is 41.6 Å². The predicted molar refractivity (Wildman–Crippen MR) is 129 cm³/mol. The van der Waals surface area contributed by atoms with Crippen molar-refractivity contribution in [3.05, 3.63) is 108 Å². The standard InChI is InChI=1S/C28H24N2O/c1-2-10-22(11-3-1)18-19-28-29-25-15-6-7-16-26(25)30(28)20-9-21-31-27-17-8-13-23-12-4-5-14-24(23)27/h1-8,10-19H,9,20-21H2/b19-18+. The molecule has 3 nitrogen and oxygen atoms in total. The van der Waals surface area contributed by atoms with Crippen molar-refractivity contribution in [1.29, 1.82) is 0 Å². The number of imidazole rings is 1. The molecule has 5 aromatic rings. The molecule has 0 N–H and O–H groups in total. The summed E-state index contributed by atoms with van der Waals surface area (Å²) in [5.41, 5.74) is 3.34. The highest BCUT2D eigenvalue weighted by Crippen LogP contribution is 2.25. The summed E-state index contributed by atoms with van der Waals surface area (Å²) in [4.78, 5) is 4.84. The third kappa shape index (κ3) is 4.22. The molecule has 0 aliphatic heterocycles. The maximum atomic E-state index is 6.15. The van der Waals surface area contributed by atoms with Gasteiger partial charge in [0.25, 0.3) is 0 Å². The number of nitrogens with zero attached hydrogens (tertiary/aromatic N) is 2. The van der Waals surface area contributed by atoms with E-state index in [0.29, 0.717) is 6.61 Å². The van der Waals surface area contributed by atoms with E-state index in [-0.39, 0.29) is 0 Å². The second-order valence-electron chi connectivity index (χ2n) is 7.53. The molecule has 0 atom stereocenters. The highest BCUT2D eigenvalue weighted by Gasteiger charge is 2.08. The molecule has 0 aliphatic rings. The normalized spacial score (nSPS) is 11.5. The lowest BCUT2D eigenvalue weighted by Crippen LogP contribution is -2.06. The fourth-order valence-electron chi connectivity index (χ4n) is 3.92. The van der Waals surface area contributed by atoms with E-state index < -0.39 is 0 Å². The smallest absolute Gasteiger partial charge is 0.133 e. The molecule has 0 radical (unpaired) electrons. The van der Waals surface area contributed by atoms with Crippen molar-refractivity contribution in [3.63, 3.8) is 0 Å². The summed E-state index contributed by atoms with van der Waals surface area (Å²) in [5, 5.41) is 2.36. The Balaban J connectivity index is 1.33. The number of hydrogen-bond acceptors (Lipinski definition) is 2. The summed E-state index contributed by atoms with van der Waals surface area (Å²) < 4.78 is 8.43. The first-order valence-electron chi connectivity index (χ1n) is 10.7. The quantitative estimate of drug-likeness (QED) is 0.278. The minimum absolute atomic E-state index is 0.655. The lowest BCUT2D eigenvalue weighted by atomic mass is 10.1. The highest BCUT2D eigenvalue weighted by atomic mass is 16.5. The fourth-order valence-corrected chi connectivity index (χ4v) is 3.92. The molecule has 5 rings (SSSR count). The lowest BCUT2D eigenvalue weighted by Gasteiger charge is -2.11. The maximum Gasteiger partial charge on any atom is 0.133 e. The molecule has 152 valence electrons. The largest absolute Gasteiger partial charge is 0.493 e. The van der Waals surface area contributed by atoms with Crippen LogP contribution in [0.5, 0.6) is 5.75 Å². The van der Waals surface area contributed by atoms with Gasteiger partial charge >= 0.3 is 0 Å². The van der Waals surface area contributed by atoms with Crippen LogP contribution in [0.2, 0.25) is 0 Å². The van der Waals surface area contributed by atoms with Crippen LogP contribution in [-0.2, 0) is 6.54 Å². The Morgan fingerprint density at radius 3 is 2.45 bits per heavy atom. The van der Waals surface area contributed by atoms with Gasteiger partial charge in [-0.3, -0.25) is 0 Å². The predicted octanol–water partition coefficient (Wildman–Crippen LogP) is 6.83. The fraction of sp³-hybridized carbons (Fsp3) is 0.107. The molecule has 0 unspecified atom stereocenters. The second-order valence-corrected chi connectivity index (χ2v) is 7.53. The van der Waals surface area contributed by atoms with Crippen LogP contribution in [-0.4, -0.2) is 16.2 Å². The molecule has 1 heterocycles. The second kappa shape index (κ2) is 8.88. The monoisotopic (exact) mass is 404 g/mol. The first-order valence-corrected chi connectivity index (χ1v) is 10.7. The van der Waals surface area contributed by atoms with Crippen molar-refractivity contribution in [2.75, 3.05) is 6.61 Å². The van der Waals surface area contributed by atoms with Gasteiger partial charge in [0, 0.05) is 11.9 Å². The molecule has 0 saturated heterocycles. The third-order valence-corrected chi connectivity index (χ3v) is 5.44. The topological polar surface area (TPSA) is 27.1 Å². The van der Waals surface area contributed by atoms with E-state index in [2.05, 4.69) is 77.4 Å². The van der Waals surface area contributed by atoms with Crippen molar-refractivity contribution >= 4 is 34.0 Å². The number of aromatic nitrogens is 2. The van der Waals surface area contributed by atoms with Crippen LogP contribution in [0.4, 0.5) is 0 Å². The highest BCUT2D eigenvalue weighted by molar-refractivity contribution is 5.88. The Hall–Kier alpha value is -3.85. The van der Waals surface area contributed by atoms with Gasteiger partial charge in [-0.2, -0.15) is 0 Å². The van der Waals surface area contributed by atoms with Crippen molar-refractivity contribution in [1.82, 2.24) is 9.55 Å². The molecule has 0 saturated carbocycles. The van der Waals surface area contributed by atoms with Gasteiger partial charge < -0.3 is 9.30 Å². The SMILES string of the molecule is C(=C\c1nc2ccccc2n1CCCOc1cccc2ccccc12)/c1ccccc1. The van der Waals surface area contributed by atoms with E-state index in [1.165, 1.54) is 10.9 Å². The minimum Gasteiger partial charge on any atom is -0.493 e. The summed E-state index contributed by atoms with van der Waals surface area (Å²) in [6.07, 6.45) is 5.11. The third-order valence-electron chi connectivity index (χ3n) is 5.44. The molecule has 0 amide bonds. The van der Waals surface area contributed by atoms with Crippen molar-refractivity contribution in [3.8, 4) is 5.75 Å². The van der Waals surface area contributed by atoms with E-state index in [1.54, 1.807) is 0 Å². The number of para-hydroxylation sites is 2. The first-order chi connectivity index (χ1) is 15.4. The Bertz CT molecular complexity index is 1330. The van der Waals surface area contributed by atoms with Crippen LogP contribution in [0.1, 0.15) is 17.8 Å². The lowest BCUT2D eigenvalue weighted by molar-refractivity contribution is 0.306. The zero-order valence-electron chi connectivity index (χ0n) is 17.3.